The second-order valence-corrected chi connectivity index (χ2v) is 7.44. The van der Waals surface area contributed by atoms with E-state index in [1.807, 2.05) is 0 Å². The van der Waals surface area contributed by atoms with Gasteiger partial charge in [0.2, 0.25) is 5.91 Å². The minimum Gasteiger partial charge on any atom is -0.465 e. The van der Waals surface area contributed by atoms with E-state index < -0.39 is 41.5 Å². The van der Waals surface area contributed by atoms with E-state index in [0.717, 1.165) is 29.3 Å². The Hall–Kier alpha value is -3.50. The molecule has 2 aromatic rings. The van der Waals surface area contributed by atoms with Crippen LogP contribution in [0.4, 0.5) is 31.1 Å². The lowest BCUT2D eigenvalue weighted by molar-refractivity contribution is -0.162. The van der Waals surface area contributed by atoms with Gasteiger partial charge in [0.25, 0.3) is 0 Å². The van der Waals surface area contributed by atoms with Crippen molar-refractivity contribution in [2.24, 2.45) is 0 Å². The van der Waals surface area contributed by atoms with Crippen LogP contribution in [0.25, 0.3) is 6.08 Å². The van der Waals surface area contributed by atoms with Gasteiger partial charge in [-0.05, 0) is 53.3 Å². The molecule has 0 spiro atoms. The van der Waals surface area contributed by atoms with Gasteiger partial charge in [0.15, 0.2) is 6.04 Å². The first-order valence-electron chi connectivity index (χ1n) is 9.69. The molecule has 0 heterocycles. The molecule has 0 radical (unpaired) electrons. The fourth-order valence-electron chi connectivity index (χ4n) is 3.65. The lowest BCUT2D eigenvalue weighted by Gasteiger charge is -2.22. The van der Waals surface area contributed by atoms with Gasteiger partial charge in [0.1, 0.15) is 0 Å². The number of carboxylic acid groups (broad SMARTS) is 1. The quantitative estimate of drug-likeness (QED) is 0.403. The summed E-state index contributed by atoms with van der Waals surface area (Å²) in [7, 11) is 0. The van der Waals surface area contributed by atoms with E-state index in [0.29, 0.717) is 30.5 Å². The number of alkyl halides is 6. The minimum atomic E-state index is -5.02. The Bertz CT molecular complexity index is 1080. The molecule has 0 aromatic heterocycles. The molecule has 1 aliphatic rings. The molecule has 2 amide bonds. The zero-order chi connectivity index (χ0) is 24.4. The van der Waals surface area contributed by atoms with Crippen LogP contribution in [0.1, 0.15) is 46.3 Å². The monoisotopic (exact) mass is 472 g/mol. The molecule has 2 unspecified atom stereocenters. The molecular weight excluding hydrogens is 454 g/mol. The molecule has 0 bridgehead atoms. The molecule has 3 rings (SSSR count). The van der Waals surface area contributed by atoms with Crippen LogP contribution in [0.3, 0.4) is 0 Å². The van der Waals surface area contributed by atoms with Crippen LogP contribution in [-0.4, -0.2) is 23.3 Å². The van der Waals surface area contributed by atoms with Gasteiger partial charge in [-0.1, -0.05) is 30.3 Å². The van der Waals surface area contributed by atoms with E-state index in [1.165, 1.54) is 6.08 Å². The summed E-state index contributed by atoms with van der Waals surface area (Å²) in [5, 5.41) is 13.0. The number of amides is 2. The summed E-state index contributed by atoms with van der Waals surface area (Å²) in [6, 6.07) is 4.65. The van der Waals surface area contributed by atoms with Crippen molar-refractivity contribution in [3.05, 3.63) is 76.4 Å². The Balaban J connectivity index is 1.75. The molecule has 1 aliphatic carbocycles. The van der Waals surface area contributed by atoms with E-state index in [9.17, 15) is 35.9 Å². The lowest BCUT2D eigenvalue weighted by atomic mass is 10.0. The van der Waals surface area contributed by atoms with Crippen LogP contribution >= 0.6 is 0 Å². The number of benzene rings is 2. The number of fused-ring (bicyclic) bond motifs is 1. The van der Waals surface area contributed by atoms with Crippen LogP contribution in [0.2, 0.25) is 0 Å². The second kappa shape index (κ2) is 9.16. The average Bonchev–Trinajstić information content (AvgIpc) is 3.10. The van der Waals surface area contributed by atoms with Crippen LogP contribution in [0.5, 0.6) is 0 Å². The summed E-state index contributed by atoms with van der Waals surface area (Å²) >= 11 is 0. The van der Waals surface area contributed by atoms with Gasteiger partial charge < -0.3 is 15.7 Å². The maximum absolute atomic E-state index is 13.5. The summed E-state index contributed by atoms with van der Waals surface area (Å²) in [6.45, 7) is 0. The number of rotatable bonds is 5. The highest BCUT2D eigenvalue weighted by Gasteiger charge is 2.42. The molecule has 33 heavy (non-hydrogen) atoms. The highest BCUT2D eigenvalue weighted by atomic mass is 19.4. The number of halogens is 6. The average molecular weight is 472 g/mol. The normalized spacial score (nSPS) is 17.0. The summed E-state index contributed by atoms with van der Waals surface area (Å²) in [6.07, 6.45) is -7.74. The maximum atomic E-state index is 13.5. The van der Waals surface area contributed by atoms with Crippen molar-refractivity contribution < 1.29 is 41.0 Å². The Morgan fingerprint density at radius 3 is 2.42 bits per heavy atom. The van der Waals surface area contributed by atoms with E-state index in [4.69, 9.17) is 5.11 Å². The molecule has 0 saturated heterocycles. The SMILES string of the molecule is O=C(O)NC1CCc2cc(/C=C/C(=O)NC(c3cccc(C(F)(F)F)c3)C(F)(F)F)ccc21. The fraction of sp³-hybridized carbons (Fsp3) is 0.273. The molecule has 0 aliphatic heterocycles. The summed E-state index contributed by atoms with van der Waals surface area (Å²) in [5.41, 5.74) is 0.123. The first-order chi connectivity index (χ1) is 15.3. The molecule has 11 heteroatoms. The second-order valence-electron chi connectivity index (χ2n) is 7.44. The van der Waals surface area contributed by atoms with E-state index in [2.05, 4.69) is 5.32 Å². The molecule has 0 saturated carbocycles. The largest absolute Gasteiger partial charge is 0.465 e. The molecule has 2 aromatic carbocycles. The predicted octanol–water partition coefficient (Wildman–Crippen LogP) is 5.39. The molecule has 0 fully saturated rings. The van der Waals surface area contributed by atoms with E-state index in [1.54, 1.807) is 23.5 Å². The number of hydrogen-bond acceptors (Lipinski definition) is 2. The van der Waals surface area contributed by atoms with Gasteiger partial charge in [0.05, 0.1) is 11.6 Å². The number of hydrogen-bond donors (Lipinski definition) is 3. The molecule has 5 nitrogen and oxygen atoms in total. The third kappa shape index (κ3) is 6.05. The van der Waals surface area contributed by atoms with Crippen molar-refractivity contribution in [1.82, 2.24) is 10.6 Å². The molecule has 176 valence electrons. The van der Waals surface area contributed by atoms with Crippen molar-refractivity contribution in [2.75, 3.05) is 0 Å². The van der Waals surface area contributed by atoms with Crippen molar-refractivity contribution in [3.63, 3.8) is 0 Å². The smallest absolute Gasteiger partial charge is 0.416 e. The number of aryl methyl sites for hydroxylation is 1. The zero-order valence-corrected chi connectivity index (χ0v) is 16.8. The van der Waals surface area contributed by atoms with Crippen molar-refractivity contribution in [2.45, 2.75) is 37.3 Å². The first-order valence-corrected chi connectivity index (χ1v) is 9.69. The van der Waals surface area contributed by atoms with Gasteiger partial charge in [-0.25, -0.2) is 4.79 Å². The maximum Gasteiger partial charge on any atom is 0.416 e. The Kier molecular flexibility index (Phi) is 6.71. The summed E-state index contributed by atoms with van der Waals surface area (Å²) < 4.78 is 79.0. The highest BCUT2D eigenvalue weighted by Crippen LogP contribution is 2.36. The van der Waals surface area contributed by atoms with Crippen molar-refractivity contribution in [1.29, 1.82) is 0 Å². The minimum absolute atomic E-state index is 0.351. The van der Waals surface area contributed by atoms with Crippen LogP contribution in [-0.2, 0) is 17.4 Å². The fourth-order valence-corrected chi connectivity index (χ4v) is 3.65. The third-order valence-corrected chi connectivity index (χ3v) is 5.13. The van der Waals surface area contributed by atoms with Gasteiger partial charge in [0, 0.05) is 6.08 Å². The van der Waals surface area contributed by atoms with Crippen molar-refractivity contribution >= 4 is 18.1 Å². The topological polar surface area (TPSA) is 78.4 Å². The van der Waals surface area contributed by atoms with E-state index in [-0.39, 0.29) is 6.04 Å². The van der Waals surface area contributed by atoms with Crippen LogP contribution in [0, 0.1) is 0 Å². The Morgan fingerprint density at radius 1 is 1.06 bits per heavy atom. The Morgan fingerprint density at radius 2 is 1.79 bits per heavy atom. The van der Waals surface area contributed by atoms with Gasteiger partial charge in [-0.15, -0.1) is 0 Å². The number of nitrogens with one attached hydrogen (secondary N) is 2. The van der Waals surface area contributed by atoms with Gasteiger partial charge in [-0.2, -0.15) is 26.3 Å². The highest BCUT2D eigenvalue weighted by molar-refractivity contribution is 5.92. The molecule has 2 atom stereocenters. The molecular formula is C22H18F6N2O3. The summed E-state index contributed by atoms with van der Waals surface area (Å²) in [4.78, 5) is 23.0. The van der Waals surface area contributed by atoms with E-state index >= 15 is 0 Å². The third-order valence-electron chi connectivity index (χ3n) is 5.13. The van der Waals surface area contributed by atoms with Crippen LogP contribution in [0.15, 0.2) is 48.5 Å². The van der Waals surface area contributed by atoms with Crippen molar-refractivity contribution in [3.8, 4) is 0 Å². The predicted molar refractivity (Wildman–Crippen MR) is 106 cm³/mol. The molecule has 3 N–H and O–H groups in total. The first kappa shape index (κ1) is 24.1. The van der Waals surface area contributed by atoms with Gasteiger partial charge in [-0.3, -0.25) is 4.79 Å². The summed E-state index contributed by atoms with van der Waals surface area (Å²) in [5.74, 6) is -1.14. The Labute approximate surface area is 184 Å². The van der Waals surface area contributed by atoms with Crippen LogP contribution < -0.4 is 10.6 Å². The number of carbonyl (C=O) groups excluding carboxylic acids is 1. The zero-order valence-electron chi connectivity index (χ0n) is 16.8. The van der Waals surface area contributed by atoms with Gasteiger partial charge >= 0.3 is 18.4 Å². The lowest BCUT2D eigenvalue weighted by Crippen LogP contribution is -2.37. The number of carbonyl (C=O) groups is 2. The standard InChI is InChI=1S/C22H18F6N2O3/c23-21(24,25)15-3-1-2-14(11-15)19(22(26,27)28)30-18(31)9-5-12-4-7-16-13(10-12)6-8-17(16)29-20(32)33/h1-5,7,9-11,17,19,29H,6,8H2,(H,30,31)(H,32,33)/b9-5+.